The number of nitrogens with one attached hydrogen (secondary N) is 1. The van der Waals surface area contributed by atoms with Crippen LogP contribution < -0.4 is 15.0 Å². The van der Waals surface area contributed by atoms with E-state index in [0.29, 0.717) is 31.0 Å². The van der Waals surface area contributed by atoms with Crippen molar-refractivity contribution in [1.82, 2.24) is 0 Å². The summed E-state index contributed by atoms with van der Waals surface area (Å²) in [4.78, 5) is 32.9. The molecule has 0 saturated carbocycles. The van der Waals surface area contributed by atoms with Crippen LogP contribution in [0.25, 0.3) is 6.08 Å². The van der Waals surface area contributed by atoms with Gasteiger partial charge < -0.3 is 10.1 Å². The highest BCUT2D eigenvalue weighted by Gasteiger charge is 2.34. The van der Waals surface area contributed by atoms with Crippen molar-refractivity contribution in [3.8, 4) is 5.75 Å². The van der Waals surface area contributed by atoms with Gasteiger partial charge in [-0.15, -0.1) is 0 Å². The van der Waals surface area contributed by atoms with Gasteiger partial charge in [0.05, 0.1) is 20.8 Å². The lowest BCUT2D eigenvalue weighted by Crippen LogP contribution is -2.28. The highest BCUT2D eigenvalue weighted by atomic mass is 79.9. The molecule has 0 aromatic heterocycles. The molecular weight excluding hydrogens is 622 g/mol. The molecule has 1 aliphatic rings. The van der Waals surface area contributed by atoms with Gasteiger partial charge in [0, 0.05) is 10.7 Å². The first-order valence-corrected chi connectivity index (χ1v) is 14.7. The van der Waals surface area contributed by atoms with Crippen molar-refractivity contribution < 1.29 is 14.3 Å². The average Bonchev–Trinajstić information content (AvgIpc) is 3.25. The first-order chi connectivity index (χ1) is 19.7. The largest absolute Gasteiger partial charge is 0.483 e. The summed E-state index contributed by atoms with van der Waals surface area (Å²) in [6.07, 6.45) is 1.83. The minimum atomic E-state index is -0.296. The summed E-state index contributed by atoms with van der Waals surface area (Å²) in [5.41, 5.74) is 5.20. The average molecular weight is 647 g/mol. The molecular formula is C32H25BrClN3O3S. The number of carbonyl (C=O) groups excluding carboxylic acids is 2. The second-order valence-corrected chi connectivity index (χ2v) is 11.7. The second-order valence-electron chi connectivity index (χ2n) is 9.35. The van der Waals surface area contributed by atoms with E-state index in [1.54, 1.807) is 35.2 Å². The van der Waals surface area contributed by atoms with Crippen molar-refractivity contribution in [2.75, 3.05) is 16.8 Å². The molecule has 41 heavy (non-hydrogen) atoms. The predicted octanol–water partition coefficient (Wildman–Crippen LogP) is 8.55. The number of aliphatic imine (C=N–C) groups is 1. The standard InChI is InChI=1S/C32H25BrClN3O3S/c1-20-3-10-25(11-4-20)36-32-37(26-14-5-21(2)6-15-26)31(39)29(41-32)18-22-7-16-28(27(33)17-22)40-19-30(38)35-24-12-8-23(34)9-13-24/h3-18H,19H2,1-2H3,(H,35,38)/b29-18-,36-32?. The van der Waals surface area contributed by atoms with Crippen molar-refractivity contribution in [3.05, 3.63) is 122 Å². The molecule has 4 aromatic carbocycles. The molecule has 1 heterocycles. The number of amidine groups is 1. The molecule has 4 aromatic rings. The number of hydrogen-bond acceptors (Lipinski definition) is 5. The van der Waals surface area contributed by atoms with Crippen LogP contribution in [0.5, 0.6) is 5.75 Å². The Bertz CT molecular complexity index is 1650. The van der Waals surface area contributed by atoms with Gasteiger partial charge in [0.2, 0.25) is 0 Å². The lowest BCUT2D eigenvalue weighted by atomic mass is 10.2. The Hall–Kier alpha value is -3.85. The summed E-state index contributed by atoms with van der Waals surface area (Å²) in [5.74, 6) is 0.0571. The minimum absolute atomic E-state index is 0.153. The maximum absolute atomic E-state index is 13.6. The number of benzene rings is 4. The molecule has 0 spiro atoms. The summed E-state index contributed by atoms with van der Waals surface area (Å²) >= 11 is 10.7. The van der Waals surface area contributed by atoms with Crippen molar-refractivity contribution in [2.24, 2.45) is 4.99 Å². The van der Waals surface area contributed by atoms with Gasteiger partial charge in [0.1, 0.15) is 5.75 Å². The number of amides is 2. The van der Waals surface area contributed by atoms with Gasteiger partial charge in [-0.05, 0) is 114 Å². The Morgan fingerprint density at radius 2 is 1.63 bits per heavy atom. The summed E-state index contributed by atoms with van der Waals surface area (Å²) in [7, 11) is 0. The van der Waals surface area contributed by atoms with Gasteiger partial charge in [0.25, 0.3) is 11.8 Å². The smallest absolute Gasteiger partial charge is 0.271 e. The van der Waals surface area contributed by atoms with E-state index in [1.807, 2.05) is 80.6 Å². The number of hydrogen-bond donors (Lipinski definition) is 1. The second kappa shape index (κ2) is 12.8. The van der Waals surface area contributed by atoms with Gasteiger partial charge >= 0.3 is 0 Å². The van der Waals surface area contributed by atoms with Gasteiger partial charge in [-0.2, -0.15) is 0 Å². The maximum Gasteiger partial charge on any atom is 0.271 e. The molecule has 0 atom stereocenters. The topological polar surface area (TPSA) is 71.0 Å². The first kappa shape index (κ1) is 28.7. The van der Waals surface area contributed by atoms with E-state index in [-0.39, 0.29) is 18.4 Å². The number of anilines is 2. The number of thioether (sulfide) groups is 1. The van der Waals surface area contributed by atoms with Crippen molar-refractivity contribution in [1.29, 1.82) is 0 Å². The third-order valence-electron chi connectivity index (χ3n) is 6.10. The molecule has 1 N–H and O–H groups in total. The summed E-state index contributed by atoms with van der Waals surface area (Å²) < 4.78 is 6.37. The number of ether oxygens (including phenoxy) is 1. The van der Waals surface area contributed by atoms with Crippen molar-refractivity contribution in [2.45, 2.75) is 13.8 Å². The lowest BCUT2D eigenvalue weighted by molar-refractivity contribution is -0.118. The SMILES string of the molecule is Cc1ccc(N=C2S/C(=C\c3ccc(OCC(=O)Nc4ccc(Cl)cc4)c(Br)c3)C(=O)N2c2ccc(C)cc2)cc1. The van der Waals surface area contributed by atoms with E-state index in [0.717, 1.165) is 28.1 Å². The highest BCUT2D eigenvalue weighted by Crippen LogP contribution is 2.38. The van der Waals surface area contributed by atoms with Crippen LogP contribution in [0.2, 0.25) is 5.02 Å². The Balaban J connectivity index is 1.34. The van der Waals surface area contributed by atoms with Crippen LogP contribution in [0.4, 0.5) is 17.1 Å². The highest BCUT2D eigenvalue weighted by molar-refractivity contribution is 9.10. The van der Waals surface area contributed by atoms with E-state index >= 15 is 0 Å². The van der Waals surface area contributed by atoms with Gasteiger partial charge in [-0.3, -0.25) is 14.5 Å². The summed E-state index contributed by atoms with van der Waals surface area (Å²) in [5, 5.41) is 3.94. The summed E-state index contributed by atoms with van der Waals surface area (Å²) in [6, 6.07) is 28.0. The minimum Gasteiger partial charge on any atom is -0.483 e. The Labute approximate surface area is 256 Å². The number of rotatable bonds is 7. The Morgan fingerprint density at radius 3 is 2.29 bits per heavy atom. The van der Waals surface area contributed by atoms with Crippen LogP contribution in [-0.2, 0) is 9.59 Å². The molecule has 5 rings (SSSR count). The van der Waals surface area contributed by atoms with E-state index in [2.05, 4.69) is 21.2 Å². The van der Waals surface area contributed by atoms with Crippen LogP contribution >= 0.6 is 39.3 Å². The quantitative estimate of drug-likeness (QED) is 0.204. The van der Waals surface area contributed by atoms with Crippen LogP contribution in [-0.4, -0.2) is 23.6 Å². The van der Waals surface area contributed by atoms with Gasteiger partial charge in [-0.1, -0.05) is 53.1 Å². The normalized spacial score (nSPS) is 15.0. The number of nitrogens with zero attached hydrogens (tertiary/aromatic N) is 2. The Kier molecular flexibility index (Phi) is 8.93. The first-order valence-electron chi connectivity index (χ1n) is 12.7. The zero-order valence-corrected chi connectivity index (χ0v) is 25.4. The molecule has 6 nitrogen and oxygen atoms in total. The van der Waals surface area contributed by atoms with Crippen LogP contribution in [0.3, 0.4) is 0 Å². The van der Waals surface area contributed by atoms with E-state index < -0.39 is 0 Å². The molecule has 1 saturated heterocycles. The van der Waals surface area contributed by atoms with Crippen LogP contribution in [0, 0.1) is 13.8 Å². The summed E-state index contributed by atoms with van der Waals surface area (Å²) in [6.45, 7) is 3.86. The van der Waals surface area contributed by atoms with Gasteiger partial charge in [-0.25, -0.2) is 4.99 Å². The molecule has 9 heteroatoms. The maximum atomic E-state index is 13.6. The zero-order valence-electron chi connectivity index (χ0n) is 22.2. The number of carbonyl (C=O) groups is 2. The number of aryl methyl sites for hydroxylation is 2. The van der Waals surface area contributed by atoms with Gasteiger partial charge in [0.15, 0.2) is 11.8 Å². The van der Waals surface area contributed by atoms with E-state index in [9.17, 15) is 9.59 Å². The third-order valence-corrected chi connectivity index (χ3v) is 7.94. The van der Waals surface area contributed by atoms with Crippen LogP contribution in [0.15, 0.2) is 105 Å². The molecule has 0 bridgehead atoms. The van der Waals surface area contributed by atoms with Crippen molar-refractivity contribution in [3.63, 3.8) is 0 Å². The zero-order chi connectivity index (χ0) is 28.9. The van der Waals surface area contributed by atoms with Crippen LogP contribution in [0.1, 0.15) is 16.7 Å². The molecule has 2 amide bonds. The van der Waals surface area contributed by atoms with Crippen molar-refractivity contribution >= 4 is 79.4 Å². The lowest BCUT2D eigenvalue weighted by Gasteiger charge is -2.16. The molecule has 0 unspecified atom stereocenters. The molecule has 206 valence electrons. The van der Waals surface area contributed by atoms with E-state index in [1.165, 1.54) is 11.8 Å². The predicted molar refractivity (Wildman–Crippen MR) is 172 cm³/mol. The molecule has 1 aliphatic heterocycles. The fraction of sp³-hybridized carbons (Fsp3) is 0.0938. The fourth-order valence-electron chi connectivity index (χ4n) is 3.95. The molecule has 0 radical (unpaired) electrons. The molecule has 0 aliphatic carbocycles. The monoisotopic (exact) mass is 645 g/mol. The van der Waals surface area contributed by atoms with E-state index in [4.69, 9.17) is 21.3 Å². The Morgan fingerprint density at radius 1 is 0.976 bits per heavy atom. The fourth-order valence-corrected chi connectivity index (χ4v) is 5.59. The number of halogens is 2. The third kappa shape index (κ3) is 7.27. The molecule has 1 fully saturated rings.